The second kappa shape index (κ2) is 7.95. The van der Waals surface area contributed by atoms with Gasteiger partial charge in [0.15, 0.2) is 0 Å². The molecule has 0 bridgehead atoms. The second-order valence-corrected chi connectivity index (χ2v) is 4.89. The lowest BCUT2D eigenvalue weighted by molar-refractivity contribution is -0.143. The smallest absolute Gasteiger partial charge is 0.419 e. The maximum atomic E-state index is 13.9. The molecule has 1 atom stereocenters. The molecule has 0 radical (unpaired) electrons. The number of esters is 1. The van der Waals surface area contributed by atoms with Crippen LogP contribution in [0.1, 0.15) is 30.5 Å². The molecule has 0 aliphatic carbocycles. The lowest BCUT2D eigenvalue weighted by Gasteiger charge is -2.16. The fraction of sp³-hybridized carbons (Fsp3) is 0.417. The highest BCUT2D eigenvalue weighted by atomic mass is 79.9. The van der Waals surface area contributed by atoms with Gasteiger partial charge in [0.25, 0.3) is 0 Å². The first-order chi connectivity index (χ1) is 9.16. The highest BCUT2D eigenvalue weighted by Gasteiger charge is 2.36. The molecular weight excluding hydrogens is 381 g/mol. The number of benzene rings is 1. The average molecular weight is 395 g/mol. The predicted octanol–water partition coefficient (Wildman–Crippen LogP) is 3.98. The monoisotopic (exact) mass is 393 g/mol. The van der Waals surface area contributed by atoms with E-state index in [0.717, 1.165) is 6.07 Å². The molecule has 0 heterocycles. The quantitative estimate of drug-likeness (QED) is 0.621. The number of alkyl halides is 3. The van der Waals surface area contributed by atoms with E-state index in [-0.39, 0.29) is 29.1 Å². The number of nitrogens with two attached hydrogens (primary N) is 1. The first-order valence-electron chi connectivity index (χ1n) is 5.64. The van der Waals surface area contributed by atoms with Crippen molar-refractivity contribution in [3.05, 3.63) is 33.5 Å². The normalized spacial score (nSPS) is 12.5. The molecule has 1 rings (SSSR count). The highest BCUT2D eigenvalue weighted by molar-refractivity contribution is 9.10. The third-order valence-corrected chi connectivity index (χ3v) is 2.92. The molecular formula is C12H13BrClF4NO2. The number of halogens is 6. The van der Waals surface area contributed by atoms with Crippen LogP contribution in [0.15, 0.2) is 16.6 Å². The van der Waals surface area contributed by atoms with Gasteiger partial charge in [0.2, 0.25) is 0 Å². The number of carbonyl (C=O) groups is 1. The summed E-state index contributed by atoms with van der Waals surface area (Å²) >= 11 is 2.87. The zero-order valence-electron chi connectivity index (χ0n) is 10.8. The molecule has 0 aromatic heterocycles. The van der Waals surface area contributed by atoms with E-state index < -0.39 is 36.0 Å². The van der Waals surface area contributed by atoms with Gasteiger partial charge in [-0.3, -0.25) is 4.79 Å². The summed E-state index contributed by atoms with van der Waals surface area (Å²) < 4.78 is 56.5. The van der Waals surface area contributed by atoms with Gasteiger partial charge in [-0.25, -0.2) is 4.39 Å². The van der Waals surface area contributed by atoms with Gasteiger partial charge < -0.3 is 10.5 Å². The predicted molar refractivity (Wildman–Crippen MR) is 74.5 cm³/mol. The van der Waals surface area contributed by atoms with Crippen LogP contribution >= 0.6 is 28.3 Å². The van der Waals surface area contributed by atoms with Crippen LogP contribution in [0.25, 0.3) is 0 Å². The van der Waals surface area contributed by atoms with E-state index in [1.807, 2.05) is 0 Å². The summed E-state index contributed by atoms with van der Waals surface area (Å²) in [6.45, 7) is 1.69. The Morgan fingerprint density at radius 2 is 2.00 bits per heavy atom. The Labute approximate surface area is 133 Å². The number of hydrogen-bond acceptors (Lipinski definition) is 3. The van der Waals surface area contributed by atoms with E-state index in [4.69, 9.17) is 5.73 Å². The van der Waals surface area contributed by atoms with Crippen LogP contribution in [0.5, 0.6) is 0 Å². The van der Waals surface area contributed by atoms with Gasteiger partial charge in [0.05, 0.1) is 18.6 Å². The Hall–Kier alpha value is -0.860. The van der Waals surface area contributed by atoms with Crippen molar-refractivity contribution in [3.8, 4) is 0 Å². The van der Waals surface area contributed by atoms with E-state index in [0.29, 0.717) is 6.07 Å². The van der Waals surface area contributed by atoms with E-state index in [1.165, 1.54) is 0 Å². The standard InChI is InChI=1S/C12H12BrF4NO2.ClH/c1-2-20-10(19)5-9(18)7-3-6(13)4-8(11(7)14)12(15,16)17;/h3-4,9H,2,5,18H2,1H3;1H/t9-;/m0./s1. The Balaban J connectivity index is 0.00000400. The van der Waals surface area contributed by atoms with Crippen molar-refractivity contribution in [2.75, 3.05) is 6.61 Å². The van der Waals surface area contributed by atoms with E-state index in [9.17, 15) is 22.4 Å². The van der Waals surface area contributed by atoms with Crippen molar-refractivity contribution in [2.45, 2.75) is 25.6 Å². The van der Waals surface area contributed by atoms with Crippen molar-refractivity contribution < 1.29 is 27.1 Å². The van der Waals surface area contributed by atoms with Gasteiger partial charge in [-0.05, 0) is 19.1 Å². The van der Waals surface area contributed by atoms with Gasteiger partial charge in [-0.15, -0.1) is 12.4 Å². The number of rotatable bonds is 4. The fourth-order valence-corrected chi connectivity index (χ4v) is 2.07. The lowest BCUT2D eigenvalue weighted by Crippen LogP contribution is -2.20. The number of carbonyl (C=O) groups excluding carboxylic acids is 1. The van der Waals surface area contributed by atoms with Crippen molar-refractivity contribution in [2.24, 2.45) is 5.73 Å². The van der Waals surface area contributed by atoms with Gasteiger partial charge in [-0.1, -0.05) is 15.9 Å². The van der Waals surface area contributed by atoms with Gasteiger partial charge >= 0.3 is 12.1 Å². The van der Waals surface area contributed by atoms with Crippen LogP contribution in [0.2, 0.25) is 0 Å². The third-order valence-electron chi connectivity index (χ3n) is 2.46. The van der Waals surface area contributed by atoms with Crippen molar-refractivity contribution in [1.82, 2.24) is 0 Å². The molecule has 0 saturated carbocycles. The Morgan fingerprint density at radius 3 is 2.48 bits per heavy atom. The molecule has 21 heavy (non-hydrogen) atoms. The van der Waals surface area contributed by atoms with Gasteiger partial charge in [-0.2, -0.15) is 13.2 Å². The van der Waals surface area contributed by atoms with E-state index >= 15 is 0 Å². The van der Waals surface area contributed by atoms with Crippen LogP contribution in [0.3, 0.4) is 0 Å². The Kier molecular flexibility index (Phi) is 7.63. The van der Waals surface area contributed by atoms with Gasteiger partial charge in [0.1, 0.15) is 5.82 Å². The summed E-state index contributed by atoms with van der Waals surface area (Å²) in [7, 11) is 0. The summed E-state index contributed by atoms with van der Waals surface area (Å²) in [5, 5.41) is 0. The molecule has 2 N–H and O–H groups in total. The Bertz CT molecular complexity index is 511. The van der Waals surface area contributed by atoms with Crippen LogP contribution in [0.4, 0.5) is 17.6 Å². The van der Waals surface area contributed by atoms with Crippen LogP contribution in [-0.2, 0) is 15.7 Å². The summed E-state index contributed by atoms with van der Waals surface area (Å²) in [5.41, 5.74) is 3.76. The fourth-order valence-electron chi connectivity index (χ4n) is 1.60. The highest BCUT2D eigenvalue weighted by Crippen LogP contribution is 2.36. The first-order valence-corrected chi connectivity index (χ1v) is 6.43. The summed E-state index contributed by atoms with van der Waals surface area (Å²) in [5.74, 6) is -2.18. The minimum absolute atomic E-state index is 0. The van der Waals surface area contributed by atoms with Crippen molar-refractivity contribution in [3.63, 3.8) is 0 Å². The number of ether oxygens (including phenoxy) is 1. The third kappa shape index (κ3) is 5.44. The zero-order valence-corrected chi connectivity index (χ0v) is 13.2. The Morgan fingerprint density at radius 1 is 1.43 bits per heavy atom. The SMILES string of the molecule is CCOC(=O)C[C@H](N)c1cc(Br)cc(C(F)(F)F)c1F.Cl. The molecule has 120 valence electrons. The average Bonchev–Trinajstić information content (AvgIpc) is 2.30. The van der Waals surface area contributed by atoms with Crippen LogP contribution in [-0.4, -0.2) is 12.6 Å². The molecule has 1 aromatic rings. The van der Waals surface area contributed by atoms with Crippen molar-refractivity contribution >= 4 is 34.3 Å². The lowest BCUT2D eigenvalue weighted by atomic mass is 10.0. The maximum absolute atomic E-state index is 13.9. The van der Waals surface area contributed by atoms with Crippen LogP contribution in [0, 0.1) is 5.82 Å². The van der Waals surface area contributed by atoms with Gasteiger partial charge in [0, 0.05) is 16.1 Å². The summed E-state index contributed by atoms with van der Waals surface area (Å²) in [6.07, 6.45) is -5.25. The summed E-state index contributed by atoms with van der Waals surface area (Å²) in [4.78, 5) is 11.2. The minimum Gasteiger partial charge on any atom is -0.466 e. The largest absolute Gasteiger partial charge is 0.466 e. The molecule has 0 fully saturated rings. The molecule has 0 amide bonds. The molecule has 1 aromatic carbocycles. The molecule has 9 heteroatoms. The molecule has 0 spiro atoms. The zero-order chi connectivity index (χ0) is 15.5. The molecule has 0 aliphatic heterocycles. The molecule has 0 aliphatic rings. The van der Waals surface area contributed by atoms with E-state index in [2.05, 4.69) is 20.7 Å². The maximum Gasteiger partial charge on any atom is 0.419 e. The first kappa shape index (κ1) is 20.1. The molecule has 0 saturated heterocycles. The van der Waals surface area contributed by atoms with Crippen LogP contribution < -0.4 is 5.73 Å². The topological polar surface area (TPSA) is 52.3 Å². The van der Waals surface area contributed by atoms with E-state index in [1.54, 1.807) is 6.92 Å². The number of hydrogen-bond donors (Lipinski definition) is 1. The molecule has 0 unspecified atom stereocenters. The summed E-state index contributed by atoms with van der Waals surface area (Å²) in [6, 6.07) is 0.525. The minimum atomic E-state index is -4.84. The second-order valence-electron chi connectivity index (χ2n) is 3.97. The molecule has 3 nitrogen and oxygen atoms in total. The van der Waals surface area contributed by atoms with Crippen molar-refractivity contribution in [1.29, 1.82) is 0 Å².